The number of carbonyl (C=O) groups excluding carboxylic acids is 1. The normalized spacial score (nSPS) is 11.2. The summed E-state index contributed by atoms with van der Waals surface area (Å²) in [6.07, 6.45) is 2.45. The molecule has 0 unspecified atom stereocenters. The lowest BCUT2D eigenvalue weighted by atomic mass is 10.1. The number of nitrogens with one attached hydrogen (secondary N) is 1. The Balaban J connectivity index is 2.08. The Morgan fingerprint density at radius 1 is 1.16 bits per heavy atom. The van der Waals surface area contributed by atoms with Gasteiger partial charge in [-0.2, -0.15) is 0 Å². The van der Waals surface area contributed by atoms with E-state index in [1.54, 1.807) is 0 Å². The van der Waals surface area contributed by atoms with Gasteiger partial charge in [-0.3, -0.25) is 4.79 Å². The fourth-order valence-electron chi connectivity index (χ4n) is 1.69. The van der Waals surface area contributed by atoms with Gasteiger partial charge < -0.3 is 5.32 Å². The molecule has 106 valence electrons. The summed E-state index contributed by atoms with van der Waals surface area (Å²) in [5, 5.41) is 7.54. The Kier molecular flexibility index (Phi) is 6.52. The van der Waals surface area contributed by atoms with Crippen LogP contribution in [0.15, 0.2) is 30.3 Å². The summed E-state index contributed by atoms with van der Waals surface area (Å²) in [6, 6.07) is 9.97. The maximum atomic E-state index is 11.5. The fourth-order valence-corrected chi connectivity index (χ4v) is 2.23. The lowest BCUT2D eigenvalue weighted by Crippen LogP contribution is -2.27. The van der Waals surface area contributed by atoms with Crippen LogP contribution in [0, 0.1) is 0 Å². The average molecular weight is 284 g/mol. The van der Waals surface area contributed by atoms with Gasteiger partial charge in [0.1, 0.15) is 0 Å². The van der Waals surface area contributed by atoms with Crippen molar-refractivity contribution >= 4 is 15.9 Å². The number of sulfonamides is 1. The first-order chi connectivity index (χ1) is 8.97. The highest BCUT2D eigenvalue weighted by atomic mass is 32.2. The third kappa shape index (κ3) is 8.34. The van der Waals surface area contributed by atoms with Crippen molar-refractivity contribution in [2.24, 2.45) is 5.14 Å². The summed E-state index contributed by atoms with van der Waals surface area (Å²) in [5.74, 6) is -0.151. The molecule has 1 aromatic carbocycles. The zero-order valence-corrected chi connectivity index (χ0v) is 11.7. The molecule has 0 aliphatic carbocycles. The largest absolute Gasteiger partial charge is 0.356 e. The van der Waals surface area contributed by atoms with Crippen LogP contribution in [0.5, 0.6) is 0 Å². The van der Waals surface area contributed by atoms with Crippen molar-refractivity contribution in [3.63, 3.8) is 0 Å². The van der Waals surface area contributed by atoms with Crippen molar-refractivity contribution in [1.29, 1.82) is 0 Å². The van der Waals surface area contributed by atoms with Crippen molar-refractivity contribution in [3.05, 3.63) is 35.9 Å². The Morgan fingerprint density at radius 3 is 2.47 bits per heavy atom. The van der Waals surface area contributed by atoms with E-state index >= 15 is 0 Å². The van der Waals surface area contributed by atoms with E-state index in [2.05, 4.69) is 5.32 Å². The standard InChI is InChI=1S/C13H20N2O3S/c14-19(17,18)11-5-10-15-13(16)9-4-8-12-6-2-1-3-7-12/h1-3,6-7H,4-5,8-11H2,(H,15,16)(H2,14,17,18). The Labute approximate surface area is 114 Å². The van der Waals surface area contributed by atoms with E-state index in [-0.39, 0.29) is 11.7 Å². The van der Waals surface area contributed by atoms with Gasteiger partial charge >= 0.3 is 0 Å². The van der Waals surface area contributed by atoms with E-state index in [9.17, 15) is 13.2 Å². The summed E-state index contributed by atoms with van der Waals surface area (Å²) >= 11 is 0. The molecule has 0 aromatic heterocycles. The second kappa shape index (κ2) is 7.91. The summed E-state index contributed by atoms with van der Waals surface area (Å²) < 4.78 is 21.3. The zero-order valence-electron chi connectivity index (χ0n) is 10.8. The van der Waals surface area contributed by atoms with Gasteiger partial charge in [0.15, 0.2) is 0 Å². The van der Waals surface area contributed by atoms with Gasteiger partial charge in [0.25, 0.3) is 0 Å². The molecule has 0 bridgehead atoms. The second-order valence-electron chi connectivity index (χ2n) is 4.41. The number of primary sulfonamides is 1. The van der Waals surface area contributed by atoms with Gasteiger partial charge in [0.2, 0.25) is 15.9 Å². The number of rotatable bonds is 8. The highest BCUT2D eigenvalue weighted by molar-refractivity contribution is 7.89. The maximum Gasteiger partial charge on any atom is 0.220 e. The summed E-state index contributed by atoms with van der Waals surface area (Å²) in [6.45, 7) is 0.348. The molecule has 0 aliphatic heterocycles. The van der Waals surface area contributed by atoms with E-state index in [1.807, 2.05) is 30.3 Å². The molecule has 0 fully saturated rings. The number of hydrogen-bond acceptors (Lipinski definition) is 3. The van der Waals surface area contributed by atoms with Crippen LogP contribution >= 0.6 is 0 Å². The zero-order chi connectivity index (χ0) is 14.1. The lowest BCUT2D eigenvalue weighted by molar-refractivity contribution is -0.121. The van der Waals surface area contributed by atoms with E-state index in [0.717, 1.165) is 12.8 Å². The molecule has 1 rings (SSSR count). The minimum Gasteiger partial charge on any atom is -0.356 e. The molecule has 19 heavy (non-hydrogen) atoms. The number of aryl methyl sites for hydroxylation is 1. The first kappa shape index (κ1) is 15.7. The summed E-state index contributed by atoms with van der Waals surface area (Å²) in [5.41, 5.74) is 1.21. The van der Waals surface area contributed by atoms with Crippen LogP contribution in [0.2, 0.25) is 0 Å². The molecular formula is C13H20N2O3S. The third-order valence-corrected chi connectivity index (χ3v) is 3.50. The van der Waals surface area contributed by atoms with Gasteiger partial charge in [0.05, 0.1) is 5.75 Å². The Hall–Kier alpha value is -1.40. The molecule has 6 heteroatoms. The third-order valence-electron chi connectivity index (χ3n) is 2.64. The van der Waals surface area contributed by atoms with Crippen LogP contribution in [-0.2, 0) is 21.2 Å². The minimum absolute atomic E-state index is 0.0506. The second-order valence-corrected chi connectivity index (χ2v) is 6.14. The highest BCUT2D eigenvalue weighted by Crippen LogP contribution is 2.04. The molecule has 0 heterocycles. The van der Waals surface area contributed by atoms with E-state index < -0.39 is 10.0 Å². The first-order valence-electron chi connectivity index (χ1n) is 6.28. The smallest absolute Gasteiger partial charge is 0.220 e. The van der Waals surface area contributed by atoms with Gasteiger partial charge in [-0.1, -0.05) is 30.3 Å². The summed E-state index contributed by atoms with van der Waals surface area (Å²) in [4.78, 5) is 11.5. The van der Waals surface area contributed by atoms with Crippen LogP contribution < -0.4 is 10.5 Å². The average Bonchev–Trinajstić information content (AvgIpc) is 2.35. The predicted molar refractivity (Wildman–Crippen MR) is 75.0 cm³/mol. The molecule has 0 atom stereocenters. The van der Waals surface area contributed by atoms with Crippen molar-refractivity contribution < 1.29 is 13.2 Å². The number of amides is 1. The number of nitrogens with two attached hydrogens (primary N) is 1. The monoisotopic (exact) mass is 284 g/mol. The van der Waals surface area contributed by atoms with Crippen LogP contribution in [0.25, 0.3) is 0 Å². The van der Waals surface area contributed by atoms with E-state index in [0.29, 0.717) is 19.4 Å². The SMILES string of the molecule is NS(=O)(=O)CCCNC(=O)CCCc1ccccc1. The lowest BCUT2D eigenvalue weighted by Gasteiger charge is -2.04. The summed E-state index contributed by atoms with van der Waals surface area (Å²) in [7, 11) is -3.43. The van der Waals surface area contributed by atoms with Crippen LogP contribution in [0.1, 0.15) is 24.8 Å². The van der Waals surface area contributed by atoms with Crippen LogP contribution in [-0.4, -0.2) is 26.6 Å². The van der Waals surface area contributed by atoms with Crippen molar-refractivity contribution in [2.45, 2.75) is 25.7 Å². The molecular weight excluding hydrogens is 264 g/mol. The number of benzene rings is 1. The van der Waals surface area contributed by atoms with Gasteiger partial charge in [-0.15, -0.1) is 0 Å². The molecule has 1 aromatic rings. The van der Waals surface area contributed by atoms with Crippen molar-refractivity contribution in [3.8, 4) is 0 Å². The van der Waals surface area contributed by atoms with Gasteiger partial charge in [0, 0.05) is 13.0 Å². The Morgan fingerprint density at radius 2 is 1.84 bits per heavy atom. The maximum absolute atomic E-state index is 11.5. The molecule has 1 amide bonds. The van der Waals surface area contributed by atoms with Crippen LogP contribution in [0.4, 0.5) is 0 Å². The van der Waals surface area contributed by atoms with E-state index in [4.69, 9.17) is 5.14 Å². The highest BCUT2D eigenvalue weighted by Gasteiger charge is 2.04. The Bertz CT molecular complexity index is 486. The molecule has 0 saturated heterocycles. The van der Waals surface area contributed by atoms with Crippen molar-refractivity contribution in [1.82, 2.24) is 5.32 Å². The van der Waals surface area contributed by atoms with Crippen molar-refractivity contribution in [2.75, 3.05) is 12.3 Å². The van der Waals surface area contributed by atoms with Gasteiger partial charge in [-0.05, 0) is 24.8 Å². The topological polar surface area (TPSA) is 89.3 Å². The first-order valence-corrected chi connectivity index (χ1v) is 8.00. The molecule has 0 spiro atoms. The predicted octanol–water partition coefficient (Wildman–Crippen LogP) is 0.804. The number of carbonyl (C=O) groups is 1. The number of hydrogen-bond donors (Lipinski definition) is 2. The molecule has 0 aliphatic rings. The quantitative estimate of drug-likeness (QED) is 0.692. The van der Waals surface area contributed by atoms with E-state index in [1.165, 1.54) is 5.56 Å². The molecule has 0 radical (unpaired) electrons. The minimum atomic E-state index is -3.43. The molecule has 0 saturated carbocycles. The fraction of sp³-hybridized carbons (Fsp3) is 0.462. The molecule has 5 nitrogen and oxygen atoms in total. The van der Waals surface area contributed by atoms with Gasteiger partial charge in [-0.25, -0.2) is 13.6 Å². The van der Waals surface area contributed by atoms with Crippen LogP contribution in [0.3, 0.4) is 0 Å². The molecule has 3 N–H and O–H groups in total.